The summed E-state index contributed by atoms with van der Waals surface area (Å²) in [6, 6.07) is 3.95. The van der Waals surface area contributed by atoms with E-state index < -0.39 is 5.41 Å². The predicted octanol–water partition coefficient (Wildman–Crippen LogP) is 0.513. The zero-order valence-corrected chi connectivity index (χ0v) is 9.06. The molecule has 5 nitrogen and oxygen atoms in total. The van der Waals surface area contributed by atoms with E-state index in [0.717, 1.165) is 5.56 Å². The van der Waals surface area contributed by atoms with Crippen LogP contribution in [0.5, 0.6) is 0 Å². The molecule has 0 bridgehead atoms. The average molecular weight is 219 g/mol. The number of H-pyrrole nitrogens is 1. The molecule has 1 aromatic rings. The molecule has 0 atom stereocenters. The van der Waals surface area contributed by atoms with E-state index >= 15 is 0 Å². The maximum Gasteiger partial charge on any atom is 0.247 e. The number of ether oxygens (including phenoxy) is 1. The van der Waals surface area contributed by atoms with Crippen LogP contribution in [0.15, 0.2) is 18.5 Å². The molecule has 0 aliphatic carbocycles. The third-order valence-corrected chi connectivity index (χ3v) is 2.75. The largest absolute Gasteiger partial charge is 0.377 e. The Balaban J connectivity index is 2.02. The first kappa shape index (κ1) is 10.7. The number of hydrogen-bond acceptors (Lipinski definition) is 3. The molecule has 0 saturated carbocycles. The Bertz CT molecular complexity index is 415. The Morgan fingerprint density at radius 2 is 2.50 bits per heavy atom. The van der Waals surface area contributed by atoms with Crippen molar-refractivity contribution in [2.24, 2.45) is 5.41 Å². The summed E-state index contributed by atoms with van der Waals surface area (Å²) in [4.78, 5) is 16.5. The highest BCUT2D eigenvalue weighted by Crippen LogP contribution is 2.29. The summed E-state index contributed by atoms with van der Waals surface area (Å²) in [5.74, 6) is -0.164. The van der Waals surface area contributed by atoms with Crippen molar-refractivity contribution in [1.82, 2.24) is 9.88 Å². The van der Waals surface area contributed by atoms with E-state index in [1.165, 1.54) is 0 Å². The van der Waals surface area contributed by atoms with E-state index in [4.69, 9.17) is 10.00 Å². The Labute approximate surface area is 93.6 Å². The molecule has 2 heterocycles. The van der Waals surface area contributed by atoms with Gasteiger partial charge in [0, 0.05) is 26.0 Å². The molecule has 0 unspecified atom stereocenters. The van der Waals surface area contributed by atoms with Gasteiger partial charge in [-0.25, -0.2) is 0 Å². The fourth-order valence-corrected chi connectivity index (χ4v) is 1.71. The molecule has 84 valence electrons. The normalized spacial score (nSPS) is 17.2. The van der Waals surface area contributed by atoms with Crippen molar-refractivity contribution >= 4 is 5.91 Å². The fraction of sp³-hybridized carbons (Fsp3) is 0.455. The van der Waals surface area contributed by atoms with Crippen molar-refractivity contribution in [2.45, 2.75) is 6.54 Å². The molecule has 1 aliphatic rings. The lowest BCUT2D eigenvalue weighted by atomic mass is 9.86. The lowest BCUT2D eigenvalue weighted by molar-refractivity contribution is -0.160. The van der Waals surface area contributed by atoms with Crippen molar-refractivity contribution in [3.63, 3.8) is 0 Å². The first-order chi connectivity index (χ1) is 7.68. The molecule has 1 fully saturated rings. The van der Waals surface area contributed by atoms with Gasteiger partial charge < -0.3 is 14.6 Å². The third kappa shape index (κ3) is 1.68. The molecular weight excluding hydrogens is 206 g/mol. The number of aromatic nitrogens is 1. The van der Waals surface area contributed by atoms with Gasteiger partial charge in [0.1, 0.15) is 0 Å². The Morgan fingerprint density at radius 1 is 1.75 bits per heavy atom. The van der Waals surface area contributed by atoms with Crippen LogP contribution in [0.1, 0.15) is 5.56 Å². The van der Waals surface area contributed by atoms with Crippen LogP contribution in [0.2, 0.25) is 0 Å². The van der Waals surface area contributed by atoms with Gasteiger partial charge in [-0.1, -0.05) is 0 Å². The summed E-state index contributed by atoms with van der Waals surface area (Å²) >= 11 is 0. The molecule has 0 radical (unpaired) electrons. The van der Waals surface area contributed by atoms with E-state index in [0.29, 0.717) is 6.54 Å². The summed E-state index contributed by atoms with van der Waals surface area (Å²) < 4.78 is 4.96. The van der Waals surface area contributed by atoms with Crippen LogP contribution >= 0.6 is 0 Å². The summed E-state index contributed by atoms with van der Waals surface area (Å²) in [5.41, 5.74) is 0.0644. The molecule has 0 spiro atoms. The van der Waals surface area contributed by atoms with Gasteiger partial charge in [-0.3, -0.25) is 4.79 Å². The van der Waals surface area contributed by atoms with Crippen LogP contribution in [0.25, 0.3) is 0 Å². The highest BCUT2D eigenvalue weighted by Gasteiger charge is 2.48. The molecule has 1 saturated heterocycles. The quantitative estimate of drug-likeness (QED) is 0.805. The lowest BCUT2D eigenvalue weighted by Gasteiger charge is -2.36. The minimum atomic E-state index is -0.953. The number of nitrogens with one attached hydrogen (secondary N) is 1. The third-order valence-electron chi connectivity index (χ3n) is 2.75. The molecule has 1 aromatic heterocycles. The maximum atomic E-state index is 12.0. The Hall–Kier alpha value is -1.80. The highest BCUT2D eigenvalue weighted by molar-refractivity contribution is 5.86. The van der Waals surface area contributed by atoms with Crippen molar-refractivity contribution in [1.29, 1.82) is 5.26 Å². The Morgan fingerprint density at radius 3 is 2.94 bits per heavy atom. The summed E-state index contributed by atoms with van der Waals surface area (Å²) in [6.07, 6.45) is 3.64. The highest BCUT2D eigenvalue weighted by atomic mass is 16.5. The lowest BCUT2D eigenvalue weighted by Crippen LogP contribution is -2.53. The summed E-state index contributed by atoms with van der Waals surface area (Å²) in [5, 5.41) is 9.00. The standard InChI is InChI=1S/C11H13N3O2/c1-14(5-9-2-3-13-4-9)10(15)11(6-12)7-16-8-11/h2-4,13H,5,7-8H2,1H3. The number of amides is 1. The van der Waals surface area contributed by atoms with Crippen LogP contribution in [0.3, 0.4) is 0 Å². The number of aromatic amines is 1. The average Bonchev–Trinajstić information content (AvgIpc) is 2.69. The van der Waals surface area contributed by atoms with Crippen molar-refractivity contribution in [2.75, 3.05) is 20.3 Å². The monoisotopic (exact) mass is 219 g/mol. The van der Waals surface area contributed by atoms with Crippen molar-refractivity contribution in [3.05, 3.63) is 24.0 Å². The maximum absolute atomic E-state index is 12.0. The smallest absolute Gasteiger partial charge is 0.247 e. The van der Waals surface area contributed by atoms with E-state index in [9.17, 15) is 4.79 Å². The zero-order valence-electron chi connectivity index (χ0n) is 9.06. The first-order valence-corrected chi connectivity index (χ1v) is 5.04. The van der Waals surface area contributed by atoms with E-state index in [-0.39, 0.29) is 19.1 Å². The van der Waals surface area contributed by atoms with Gasteiger partial charge in [0.15, 0.2) is 5.41 Å². The van der Waals surface area contributed by atoms with Crippen LogP contribution in [0.4, 0.5) is 0 Å². The van der Waals surface area contributed by atoms with E-state index in [1.54, 1.807) is 18.1 Å². The number of hydrogen-bond donors (Lipinski definition) is 1. The first-order valence-electron chi connectivity index (χ1n) is 5.04. The molecule has 2 rings (SSSR count). The van der Waals surface area contributed by atoms with Gasteiger partial charge in [-0.05, 0) is 11.6 Å². The van der Waals surface area contributed by atoms with Crippen LogP contribution in [-0.4, -0.2) is 36.1 Å². The van der Waals surface area contributed by atoms with Gasteiger partial charge in [0.25, 0.3) is 0 Å². The molecule has 16 heavy (non-hydrogen) atoms. The number of rotatable bonds is 3. The van der Waals surface area contributed by atoms with Gasteiger partial charge in [-0.15, -0.1) is 0 Å². The van der Waals surface area contributed by atoms with Gasteiger partial charge in [0.05, 0.1) is 19.3 Å². The molecule has 0 aromatic carbocycles. The van der Waals surface area contributed by atoms with Crippen LogP contribution in [-0.2, 0) is 16.1 Å². The second kappa shape index (κ2) is 3.99. The Kier molecular flexibility index (Phi) is 2.67. The summed E-state index contributed by atoms with van der Waals surface area (Å²) in [7, 11) is 1.70. The van der Waals surface area contributed by atoms with Crippen LogP contribution < -0.4 is 0 Å². The molecule has 5 heteroatoms. The number of carbonyl (C=O) groups excluding carboxylic acids is 1. The second-order valence-corrected chi connectivity index (χ2v) is 4.07. The topological polar surface area (TPSA) is 69.1 Å². The van der Waals surface area contributed by atoms with E-state index in [1.807, 2.05) is 12.3 Å². The number of nitriles is 1. The van der Waals surface area contributed by atoms with Crippen molar-refractivity contribution < 1.29 is 9.53 Å². The minimum absolute atomic E-state index is 0.164. The van der Waals surface area contributed by atoms with Crippen LogP contribution in [0, 0.1) is 16.7 Å². The predicted molar refractivity (Wildman–Crippen MR) is 56.1 cm³/mol. The molecule has 1 N–H and O–H groups in total. The fourth-order valence-electron chi connectivity index (χ4n) is 1.71. The van der Waals surface area contributed by atoms with Crippen molar-refractivity contribution in [3.8, 4) is 6.07 Å². The minimum Gasteiger partial charge on any atom is -0.377 e. The molecule has 1 amide bonds. The molecule has 1 aliphatic heterocycles. The molecular formula is C11H13N3O2. The second-order valence-electron chi connectivity index (χ2n) is 4.07. The van der Waals surface area contributed by atoms with E-state index in [2.05, 4.69) is 11.1 Å². The zero-order chi connectivity index (χ0) is 11.6. The van der Waals surface area contributed by atoms with Gasteiger partial charge in [-0.2, -0.15) is 5.26 Å². The summed E-state index contributed by atoms with van der Waals surface area (Å²) in [6.45, 7) is 0.922. The van der Waals surface area contributed by atoms with Gasteiger partial charge in [0.2, 0.25) is 5.91 Å². The number of nitrogens with zero attached hydrogens (tertiary/aromatic N) is 2. The van der Waals surface area contributed by atoms with Gasteiger partial charge >= 0.3 is 0 Å². The SMILES string of the molecule is CN(Cc1cc[nH]c1)C(=O)C1(C#N)COC1. The number of carbonyl (C=O) groups is 1.